The van der Waals surface area contributed by atoms with Gasteiger partial charge < -0.3 is 5.32 Å². The van der Waals surface area contributed by atoms with Crippen LogP contribution < -0.4 is 5.32 Å². The highest BCUT2D eigenvalue weighted by Crippen LogP contribution is 2.22. The fourth-order valence-electron chi connectivity index (χ4n) is 2.40. The van der Waals surface area contributed by atoms with Crippen molar-refractivity contribution in [2.45, 2.75) is 26.2 Å². The van der Waals surface area contributed by atoms with E-state index in [1.807, 2.05) is 11.3 Å². The summed E-state index contributed by atoms with van der Waals surface area (Å²) in [7, 11) is 0. The van der Waals surface area contributed by atoms with Gasteiger partial charge in [-0.2, -0.15) is 0 Å². The number of halogens is 1. The van der Waals surface area contributed by atoms with Gasteiger partial charge in [-0.1, -0.05) is 47.1 Å². The molecule has 0 aliphatic carbocycles. The van der Waals surface area contributed by atoms with E-state index in [0.29, 0.717) is 5.92 Å². The van der Waals surface area contributed by atoms with Gasteiger partial charge in [0.2, 0.25) is 0 Å². The highest BCUT2D eigenvalue weighted by Gasteiger charge is 2.11. The number of aryl methyl sites for hydroxylation is 1. The van der Waals surface area contributed by atoms with Gasteiger partial charge in [-0.25, -0.2) is 0 Å². The van der Waals surface area contributed by atoms with E-state index in [-0.39, 0.29) is 0 Å². The Morgan fingerprint density at radius 1 is 1.20 bits per heavy atom. The second-order valence-electron chi connectivity index (χ2n) is 5.09. The molecule has 1 N–H and O–H groups in total. The van der Waals surface area contributed by atoms with E-state index in [1.54, 1.807) is 0 Å². The first-order valence-electron chi connectivity index (χ1n) is 7.26. The third kappa shape index (κ3) is 5.04. The van der Waals surface area contributed by atoms with Crippen LogP contribution in [0.4, 0.5) is 0 Å². The zero-order valence-corrected chi connectivity index (χ0v) is 14.3. The summed E-state index contributed by atoms with van der Waals surface area (Å²) in [6.45, 7) is 4.32. The predicted octanol–water partition coefficient (Wildman–Crippen LogP) is 4.91. The molecule has 0 radical (unpaired) electrons. The molecular weight excluding hydrogens is 330 g/mol. The molecule has 1 atom stereocenters. The summed E-state index contributed by atoms with van der Waals surface area (Å²) in [6, 6.07) is 13.0. The van der Waals surface area contributed by atoms with Crippen molar-refractivity contribution < 1.29 is 0 Å². The van der Waals surface area contributed by atoms with Gasteiger partial charge in [0, 0.05) is 9.35 Å². The monoisotopic (exact) mass is 351 g/mol. The molecule has 0 saturated carbocycles. The average Bonchev–Trinajstić information content (AvgIpc) is 2.97. The summed E-state index contributed by atoms with van der Waals surface area (Å²) in [4.78, 5) is 1.50. The quantitative estimate of drug-likeness (QED) is 0.712. The van der Waals surface area contributed by atoms with Crippen LogP contribution in [-0.4, -0.2) is 13.1 Å². The first kappa shape index (κ1) is 15.7. The summed E-state index contributed by atoms with van der Waals surface area (Å²) < 4.78 is 1.23. The van der Waals surface area contributed by atoms with Crippen LogP contribution >= 0.6 is 27.3 Å². The van der Waals surface area contributed by atoms with Crippen LogP contribution in [0.5, 0.6) is 0 Å². The molecule has 0 aliphatic heterocycles. The van der Waals surface area contributed by atoms with Crippen molar-refractivity contribution in [3.05, 3.63) is 56.7 Å². The topological polar surface area (TPSA) is 12.0 Å². The molecule has 1 unspecified atom stereocenters. The molecule has 1 aromatic heterocycles. The number of rotatable bonds is 8. The lowest BCUT2D eigenvalue weighted by atomic mass is 9.94. The number of benzene rings is 1. The Labute approximate surface area is 134 Å². The van der Waals surface area contributed by atoms with Gasteiger partial charge in [-0.05, 0) is 61.3 Å². The number of nitrogens with one attached hydrogen (secondary N) is 1. The number of hydrogen-bond donors (Lipinski definition) is 1. The molecule has 1 aromatic carbocycles. The average molecular weight is 352 g/mol. The first-order valence-corrected chi connectivity index (χ1v) is 8.93. The summed E-state index contributed by atoms with van der Waals surface area (Å²) >= 11 is 5.53. The van der Waals surface area contributed by atoms with E-state index in [1.165, 1.54) is 27.8 Å². The molecule has 0 aliphatic rings. The molecule has 0 amide bonds. The molecule has 0 bridgehead atoms. The van der Waals surface area contributed by atoms with Crippen molar-refractivity contribution in [1.29, 1.82) is 0 Å². The summed E-state index contributed by atoms with van der Waals surface area (Å²) in [6.07, 6.45) is 3.58. The zero-order chi connectivity index (χ0) is 14.2. The lowest BCUT2D eigenvalue weighted by molar-refractivity contribution is 0.450. The Morgan fingerprint density at radius 2 is 2.05 bits per heavy atom. The maximum atomic E-state index is 3.66. The van der Waals surface area contributed by atoms with Crippen LogP contribution in [0.15, 0.2) is 46.3 Å². The van der Waals surface area contributed by atoms with Crippen molar-refractivity contribution in [2.24, 2.45) is 5.92 Å². The maximum absolute atomic E-state index is 3.66. The standard InChI is InChI=1S/C17H22BrNS/c1-2-19-13-14(9-10-16-7-5-11-20-16)12-15-6-3-4-8-17(15)18/h3-8,11,14,19H,2,9-10,12-13H2,1H3. The molecule has 2 rings (SSSR count). The van der Waals surface area contributed by atoms with Crippen molar-refractivity contribution in [2.75, 3.05) is 13.1 Å². The summed E-state index contributed by atoms with van der Waals surface area (Å²) in [5.74, 6) is 0.691. The van der Waals surface area contributed by atoms with Crippen LogP contribution in [0.3, 0.4) is 0 Å². The van der Waals surface area contributed by atoms with Crippen LogP contribution in [0.25, 0.3) is 0 Å². The second-order valence-corrected chi connectivity index (χ2v) is 6.97. The molecule has 108 valence electrons. The summed E-state index contributed by atoms with van der Waals surface area (Å²) in [5.41, 5.74) is 1.42. The van der Waals surface area contributed by atoms with E-state index in [2.05, 4.69) is 69.9 Å². The molecule has 20 heavy (non-hydrogen) atoms. The van der Waals surface area contributed by atoms with Crippen LogP contribution in [-0.2, 0) is 12.8 Å². The Balaban J connectivity index is 1.94. The normalized spacial score (nSPS) is 12.5. The third-order valence-corrected chi connectivity index (χ3v) is 5.24. The van der Waals surface area contributed by atoms with Gasteiger partial charge in [0.25, 0.3) is 0 Å². The SMILES string of the molecule is CCNCC(CCc1cccs1)Cc1ccccc1Br. The highest BCUT2D eigenvalue weighted by molar-refractivity contribution is 9.10. The number of hydrogen-bond acceptors (Lipinski definition) is 2. The molecule has 1 nitrogen and oxygen atoms in total. The van der Waals surface area contributed by atoms with Gasteiger partial charge in [-0.3, -0.25) is 0 Å². The van der Waals surface area contributed by atoms with Crippen molar-refractivity contribution in [3.8, 4) is 0 Å². The van der Waals surface area contributed by atoms with E-state index >= 15 is 0 Å². The lowest BCUT2D eigenvalue weighted by Gasteiger charge is -2.18. The van der Waals surface area contributed by atoms with Gasteiger partial charge in [-0.15, -0.1) is 11.3 Å². The minimum atomic E-state index is 0.691. The van der Waals surface area contributed by atoms with E-state index in [0.717, 1.165) is 19.5 Å². The molecule has 1 heterocycles. The first-order chi connectivity index (χ1) is 9.79. The molecular formula is C17H22BrNS. The highest BCUT2D eigenvalue weighted by atomic mass is 79.9. The third-order valence-electron chi connectivity index (χ3n) is 3.53. The van der Waals surface area contributed by atoms with Gasteiger partial charge in [0.15, 0.2) is 0 Å². The Morgan fingerprint density at radius 3 is 2.75 bits per heavy atom. The Hall–Kier alpha value is -0.640. The van der Waals surface area contributed by atoms with E-state index in [9.17, 15) is 0 Å². The largest absolute Gasteiger partial charge is 0.317 e. The maximum Gasteiger partial charge on any atom is 0.0207 e. The Bertz CT molecular complexity index is 495. The summed E-state index contributed by atoms with van der Waals surface area (Å²) in [5, 5.41) is 5.68. The second kappa shape index (κ2) is 8.60. The van der Waals surface area contributed by atoms with Crippen molar-refractivity contribution in [3.63, 3.8) is 0 Å². The predicted molar refractivity (Wildman–Crippen MR) is 92.5 cm³/mol. The molecule has 0 saturated heterocycles. The molecule has 2 aromatic rings. The minimum Gasteiger partial charge on any atom is -0.317 e. The van der Waals surface area contributed by atoms with Crippen LogP contribution in [0.1, 0.15) is 23.8 Å². The molecule has 0 spiro atoms. The zero-order valence-electron chi connectivity index (χ0n) is 11.9. The van der Waals surface area contributed by atoms with Gasteiger partial charge in [0.1, 0.15) is 0 Å². The van der Waals surface area contributed by atoms with Gasteiger partial charge in [0.05, 0.1) is 0 Å². The number of thiophene rings is 1. The Kier molecular flexibility index (Phi) is 6.77. The van der Waals surface area contributed by atoms with E-state index < -0.39 is 0 Å². The van der Waals surface area contributed by atoms with Crippen molar-refractivity contribution in [1.82, 2.24) is 5.32 Å². The molecule has 3 heteroatoms. The fraction of sp³-hybridized carbons (Fsp3) is 0.412. The van der Waals surface area contributed by atoms with Crippen molar-refractivity contribution >= 4 is 27.3 Å². The lowest BCUT2D eigenvalue weighted by Crippen LogP contribution is -2.24. The smallest absolute Gasteiger partial charge is 0.0207 e. The fourth-order valence-corrected chi connectivity index (χ4v) is 3.57. The molecule has 0 fully saturated rings. The minimum absolute atomic E-state index is 0.691. The van der Waals surface area contributed by atoms with Crippen LogP contribution in [0, 0.1) is 5.92 Å². The van der Waals surface area contributed by atoms with Gasteiger partial charge >= 0.3 is 0 Å². The van der Waals surface area contributed by atoms with E-state index in [4.69, 9.17) is 0 Å². The van der Waals surface area contributed by atoms with Crippen LogP contribution in [0.2, 0.25) is 0 Å².